The summed E-state index contributed by atoms with van der Waals surface area (Å²) >= 11 is 0. The first kappa shape index (κ1) is 15.8. The maximum absolute atomic E-state index is 6.16. The second kappa shape index (κ2) is 7.49. The minimum Gasteiger partial charge on any atom is -0.378 e. The molecule has 0 saturated heterocycles. The number of rotatable bonds is 7. The molecule has 0 spiro atoms. The Morgan fingerprint density at radius 2 is 1.86 bits per heavy atom. The summed E-state index contributed by atoms with van der Waals surface area (Å²) in [6.45, 7) is 5.78. The number of hydrogen-bond acceptors (Lipinski definition) is 1. The zero-order chi connectivity index (χ0) is 14.7. The first-order valence-corrected chi connectivity index (χ1v) is 9.82. The Balaban J connectivity index is 1.23. The van der Waals surface area contributed by atoms with Crippen LogP contribution in [0.1, 0.15) is 84.5 Å². The molecule has 0 aromatic rings. The summed E-state index contributed by atoms with van der Waals surface area (Å²) in [5, 5.41) is 0. The van der Waals surface area contributed by atoms with Crippen LogP contribution in [0.25, 0.3) is 0 Å². The van der Waals surface area contributed by atoms with Crippen molar-refractivity contribution in [3.63, 3.8) is 0 Å². The SMILES string of the molecule is CC1CCCC(CCCC(C)OCC2CCC3CC3C2)C1. The molecule has 0 amide bonds. The largest absolute Gasteiger partial charge is 0.378 e. The molecule has 0 bridgehead atoms. The van der Waals surface area contributed by atoms with Crippen LogP contribution in [-0.4, -0.2) is 12.7 Å². The molecular weight excluding hydrogens is 256 g/mol. The van der Waals surface area contributed by atoms with E-state index in [2.05, 4.69) is 13.8 Å². The van der Waals surface area contributed by atoms with Gasteiger partial charge in [-0.05, 0) is 75.0 Å². The molecule has 3 fully saturated rings. The fraction of sp³-hybridized carbons (Fsp3) is 1.00. The van der Waals surface area contributed by atoms with Crippen molar-refractivity contribution >= 4 is 0 Å². The Kier molecular flexibility index (Phi) is 5.65. The van der Waals surface area contributed by atoms with Crippen molar-refractivity contribution in [2.75, 3.05) is 6.61 Å². The fourth-order valence-electron chi connectivity index (χ4n) is 5.00. The molecule has 0 aromatic heterocycles. The molecule has 0 aromatic carbocycles. The van der Waals surface area contributed by atoms with Crippen LogP contribution in [-0.2, 0) is 4.74 Å². The van der Waals surface area contributed by atoms with E-state index in [1.54, 1.807) is 0 Å². The monoisotopic (exact) mass is 292 g/mol. The summed E-state index contributed by atoms with van der Waals surface area (Å²) in [4.78, 5) is 0. The van der Waals surface area contributed by atoms with Crippen molar-refractivity contribution in [3.05, 3.63) is 0 Å². The fourth-order valence-corrected chi connectivity index (χ4v) is 5.00. The van der Waals surface area contributed by atoms with Crippen LogP contribution in [0, 0.1) is 29.6 Å². The average Bonchev–Trinajstić information content (AvgIpc) is 3.24. The smallest absolute Gasteiger partial charge is 0.0547 e. The Hall–Kier alpha value is -0.0400. The van der Waals surface area contributed by atoms with Crippen LogP contribution in [0.15, 0.2) is 0 Å². The Morgan fingerprint density at radius 1 is 0.952 bits per heavy atom. The van der Waals surface area contributed by atoms with Gasteiger partial charge in [-0.1, -0.05) is 39.0 Å². The molecule has 21 heavy (non-hydrogen) atoms. The molecule has 3 aliphatic rings. The summed E-state index contributed by atoms with van der Waals surface area (Å²) in [5.74, 6) is 5.10. The molecule has 0 aliphatic heterocycles. The number of ether oxygens (including phenoxy) is 1. The molecule has 0 radical (unpaired) electrons. The topological polar surface area (TPSA) is 9.23 Å². The predicted molar refractivity (Wildman–Crippen MR) is 89.3 cm³/mol. The Labute approximate surface area is 132 Å². The summed E-state index contributed by atoms with van der Waals surface area (Å²) in [6, 6.07) is 0. The number of hydrogen-bond donors (Lipinski definition) is 0. The van der Waals surface area contributed by atoms with Gasteiger partial charge in [-0.15, -0.1) is 0 Å². The highest BCUT2D eigenvalue weighted by molar-refractivity contribution is 4.92. The lowest BCUT2D eigenvalue weighted by molar-refractivity contribution is 0.0234. The average molecular weight is 293 g/mol. The van der Waals surface area contributed by atoms with E-state index in [0.717, 1.165) is 36.2 Å². The van der Waals surface area contributed by atoms with E-state index < -0.39 is 0 Å². The molecule has 6 atom stereocenters. The summed E-state index contributed by atoms with van der Waals surface area (Å²) in [5.41, 5.74) is 0. The molecule has 1 nitrogen and oxygen atoms in total. The van der Waals surface area contributed by atoms with Crippen molar-refractivity contribution in [1.82, 2.24) is 0 Å². The first-order valence-electron chi connectivity index (χ1n) is 9.82. The van der Waals surface area contributed by atoms with Crippen LogP contribution in [0.4, 0.5) is 0 Å². The van der Waals surface area contributed by atoms with E-state index in [1.165, 1.54) is 70.6 Å². The maximum atomic E-state index is 6.16. The summed E-state index contributed by atoms with van der Waals surface area (Å²) in [7, 11) is 0. The van der Waals surface area contributed by atoms with Crippen molar-refractivity contribution in [2.45, 2.75) is 90.6 Å². The predicted octanol–water partition coefficient (Wildman–Crippen LogP) is 5.82. The summed E-state index contributed by atoms with van der Waals surface area (Å²) < 4.78 is 6.16. The van der Waals surface area contributed by atoms with Gasteiger partial charge in [0.25, 0.3) is 0 Å². The highest BCUT2D eigenvalue weighted by Crippen LogP contribution is 2.51. The second-order valence-corrected chi connectivity index (χ2v) is 8.65. The summed E-state index contributed by atoms with van der Waals surface area (Å²) in [6.07, 6.45) is 16.5. The van der Waals surface area contributed by atoms with Gasteiger partial charge in [0.1, 0.15) is 0 Å². The van der Waals surface area contributed by atoms with Crippen molar-refractivity contribution < 1.29 is 4.74 Å². The van der Waals surface area contributed by atoms with Gasteiger partial charge in [-0.2, -0.15) is 0 Å². The lowest BCUT2D eigenvalue weighted by atomic mass is 9.80. The quantitative estimate of drug-likeness (QED) is 0.574. The van der Waals surface area contributed by atoms with Gasteiger partial charge in [0.15, 0.2) is 0 Å². The molecule has 0 N–H and O–H groups in total. The van der Waals surface area contributed by atoms with Crippen LogP contribution in [0.2, 0.25) is 0 Å². The van der Waals surface area contributed by atoms with Gasteiger partial charge in [0.05, 0.1) is 6.10 Å². The molecular formula is C20H36O. The molecule has 3 saturated carbocycles. The zero-order valence-electron chi connectivity index (χ0n) is 14.4. The van der Waals surface area contributed by atoms with E-state index in [-0.39, 0.29) is 0 Å². The lowest BCUT2D eigenvalue weighted by Crippen LogP contribution is -2.19. The van der Waals surface area contributed by atoms with Gasteiger partial charge in [0.2, 0.25) is 0 Å². The standard InChI is InChI=1S/C20H36O/c1-15-5-3-7-17(11-15)8-4-6-16(2)21-14-18-9-10-19-13-20(19)12-18/h15-20H,3-14H2,1-2H3. The van der Waals surface area contributed by atoms with E-state index in [4.69, 9.17) is 4.74 Å². The van der Waals surface area contributed by atoms with E-state index in [0.29, 0.717) is 6.10 Å². The van der Waals surface area contributed by atoms with Crippen LogP contribution >= 0.6 is 0 Å². The zero-order valence-corrected chi connectivity index (χ0v) is 14.4. The third-order valence-corrected chi connectivity index (χ3v) is 6.54. The third-order valence-electron chi connectivity index (χ3n) is 6.54. The first-order chi connectivity index (χ1) is 10.2. The van der Waals surface area contributed by atoms with E-state index in [9.17, 15) is 0 Å². The normalized spacial score (nSPS) is 40.6. The second-order valence-electron chi connectivity index (χ2n) is 8.65. The van der Waals surface area contributed by atoms with Crippen molar-refractivity contribution in [2.24, 2.45) is 29.6 Å². The third kappa shape index (κ3) is 4.98. The van der Waals surface area contributed by atoms with Gasteiger partial charge in [-0.3, -0.25) is 0 Å². The van der Waals surface area contributed by atoms with Crippen LogP contribution in [0.3, 0.4) is 0 Å². The van der Waals surface area contributed by atoms with Gasteiger partial charge < -0.3 is 4.74 Å². The van der Waals surface area contributed by atoms with E-state index in [1.807, 2.05) is 0 Å². The molecule has 3 aliphatic carbocycles. The highest BCUT2D eigenvalue weighted by atomic mass is 16.5. The van der Waals surface area contributed by atoms with E-state index >= 15 is 0 Å². The van der Waals surface area contributed by atoms with Gasteiger partial charge in [0, 0.05) is 6.61 Å². The molecule has 1 heteroatoms. The molecule has 3 rings (SSSR count). The van der Waals surface area contributed by atoms with Crippen LogP contribution in [0.5, 0.6) is 0 Å². The molecule has 122 valence electrons. The minimum absolute atomic E-state index is 0.489. The van der Waals surface area contributed by atoms with Crippen LogP contribution < -0.4 is 0 Å². The maximum Gasteiger partial charge on any atom is 0.0547 e. The van der Waals surface area contributed by atoms with Crippen molar-refractivity contribution in [3.8, 4) is 0 Å². The minimum atomic E-state index is 0.489. The lowest BCUT2D eigenvalue weighted by Gasteiger charge is -2.27. The Bertz CT molecular complexity index is 313. The number of fused-ring (bicyclic) bond motifs is 1. The van der Waals surface area contributed by atoms with Crippen molar-refractivity contribution in [1.29, 1.82) is 0 Å². The highest BCUT2D eigenvalue weighted by Gasteiger charge is 2.41. The Morgan fingerprint density at radius 3 is 2.67 bits per heavy atom. The van der Waals surface area contributed by atoms with Gasteiger partial charge >= 0.3 is 0 Å². The van der Waals surface area contributed by atoms with Gasteiger partial charge in [-0.25, -0.2) is 0 Å². The molecule has 0 heterocycles. The molecule has 6 unspecified atom stereocenters.